The zero-order chi connectivity index (χ0) is 15.6. The van der Waals surface area contributed by atoms with E-state index in [2.05, 4.69) is 9.55 Å². The lowest BCUT2D eigenvalue weighted by Crippen LogP contribution is -2.60. The lowest BCUT2D eigenvalue weighted by atomic mass is 9.82. The van der Waals surface area contributed by atoms with E-state index < -0.39 is 0 Å². The summed E-state index contributed by atoms with van der Waals surface area (Å²) in [4.78, 5) is 17.8. The quantitative estimate of drug-likeness (QED) is 0.595. The number of fused-ring (bicyclic) bond motifs is 4. The Labute approximate surface area is 127 Å². The molecule has 0 radical (unpaired) electrons. The van der Waals surface area contributed by atoms with E-state index in [0.29, 0.717) is 18.9 Å². The number of aromatic nitrogens is 2. The fourth-order valence-corrected chi connectivity index (χ4v) is 3.55. The Bertz CT molecular complexity index is 807. The third kappa shape index (κ3) is 1.36. The summed E-state index contributed by atoms with van der Waals surface area (Å²) in [6, 6.07) is 5.16. The van der Waals surface area contributed by atoms with Gasteiger partial charge in [-0.1, -0.05) is 12.1 Å². The molecule has 1 aromatic carbocycles. The van der Waals surface area contributed by atoms with Crippen molar-refractivity contribution in [1.82, 2.24) is 9.55 Å². The second-order valence-electron chi connectivity index (χ2n) is 5.93. The Morgan fingerprint density at radius 3 is 2.68 bits per heavy atom. The Morgan fingerprint density at radius 2 is 2.09 bits per heavy atom. The molecule has 0 N–H and O–H groups in total. The summed E-state index contributed by atoms with van der Waals surface area (Å²) in [6.45, 7) is 2.98. The molecule has 2 aliphatic heterocycles. The van der Waals surface area contributed by atoms with Crippen molar-refractivity contribution < 1.29 is 9.66 Å². The van der Waals surface area contributed by atoms with E-state index in [1.165, 1.54) is 0 Å². The van der Waals surface area contributed by atoms with Crippen molar-refractivity contribution in [3.05, 3.63) is 39.8 Å². The number of rotatable bonds is 1. The van der Waals surface area contributed by atoms with Crippen molar-refractivity contribution in [2.45, 2.75) is 12.5 Å². The number of hydrogen-bond donors (Lipinski definition) is 0. The van der Waals surface area contributed by atoms with Crippen LogP contribution < -0.4 is 4.90 Å². The van der Waals surface area contributed by atoms with Crippen LogP contribution in [0, 0.1) is 17.0 Å². The van der Waals surface area contributed by atoms with Gasteiger partial charge in [0.25, 0.3) is 5.69 Å². The highest BCUT2D eigenvalue weighted by atomic mass is 16.6. The number of hydrogen-bond acceptors (Lipinski definition) is 5. The van der Waals surface area contributed by atoms with Crippen LogP contribution in [-0.2, 0) is 17.3 Å². The second kappa shape index (κ2) is 4.07. The minimum Gasteiger partial charge on any atom is -0.376 e. The number of para-hydroxylation sites is 1. The Balaban J connectivity index is 2.10. The number of aryl methyl sites for hydroxylation is 1. The molecular weight excluding hydrogens is 284 g/mol. The summed E-state index contributed by atoms with van der Waals surface area (Å²) >= 11 is 0. The van der Waals surface area contributed by atoms with Gasteiger partial charge >= 0.3 is 0 Å². The molecule has 22 heavy (non-hydrogen) atoms. The van der Waals surface area contributed by atoms with Crippen LogP contribution in [0.5, 0.6) is 0 Å². The monoisotopic (exact) mass is 300 g/mol. The van der Waals surface area contributed by atoms with E-state index in [1.807, 2.05) is 32.0 Å². The predicted octanol–water partition coefficient (Wildman–Crippen LogP) is 1.98. The van der Waals surface area contributed by atoms with Crippen LogP contribution in [0.15, 0.2) is 18.2 Å². The molecule has 3 heterocycles. The van der Waals surface area contributed by atoms with Gasteiger partial charge in [-0.3, -0.25) is 10.1 Å². The Kier molecular flexibility index (Phi) is 2.45. The molecule has 1 spiro atoms. The number of nitro benzene ring substituents is 1. The lowest BCUT2D eigenvalue weighted by molar-refractivity contribution is -0.384. The molecule has 7 heteroatoms. The fraction of sp³-hybridized carbons (Fsp3) is 0.400. The highest BCUT2D eigenvalue weighted by molar-refractivity contribution is 5.89. The first kappa shape index (κ1) is 13.3. The zero-order valence-corrected chi connectivity index (χ0v) is 12.7. The van der Waals surface area contributed by atoms with E-state index in [9.17, 15) is 10.1 Å². The topological polar surface area (TPSA) is 73.4 Å². The number of benzene rings is 1. The molecule has 1 fully saturated rings. The largest absolute Gasteiger partial charge is 0.376 e. The number of imidazole rings is 1. The van der Waals surface area contributed by atoms with Crippen LogP contribution in [-0.4, -0.2) is 34.7 Å². The molecule has 0 aliphatic carbocycles. The van der Waals surface area contributed by atoms with Gasteiger partial charge in [0.05, 0.1) is 29.5 Å². The normalized spacial score (nSPS) is 17.9. The average molecular weight is 300 g/mol. The Morgan fingerprint density at radius 1 is 1.36 bits per heavy atom. The average Bonchev–Trinajstić information content (AvgIpc) is 2.74. The maximum absolute atomic E-state index is 11.4. The van der Waals surface area contributed by atoms with Gasteiger partial charge in [-0.2, -0.15) is 0 Å². The first-order chi connectivity index (χ1) is 10.5. The SMILES string of the molecule is Cc1nc2c(n1C)C1(COC1)N(C)c1c-2cccc1[N+](=O)[O-]. The molecular formula is C15H16N4O3. The highest BCUT2D eigenvalue weighted by Crippen LogP contribution is 2.52. The van der Waals surface area contributed by atoms with Crippen LogP contribution in [0.1, 0.15) is 11.5 Å². The molecule has 0 unspecified atom stereocenters. The van der Waals surface area contributed by atoms with E-state index >= 15 is 0 Å². The fourth-order valence-electron chi connectivity index (χ4n) is 3.55. The van der Waals surface area contributed by atoms with Crippen LogP contribution in [0.3, 0.4) is 0 Å². The van der Waals surface area contributed by atoms with Crippen LogP contribution >= 0.6 is 0 Å². The molecule has 114 valence electrons. The number of anilines is 1. The van der Waals surface area contributed by atoms with Crippen molar-refractivity contribution in [1.29, 1.82) is 0 Å². The maximum atomic E-state index is 11.4. The number of nitro groups is 1. The summed E-state index contributed by atoms with van der Waals surface area (Å²) in [5.74, 6) is 0.893. The molecule has 1 saturated heterocycles. The van der Waals surface area contributed by atoms with Crippen molar-refractivity contribution in [3.8, 4) is 11.3 Å². The van der Waals surface area contributed by atoms with Crippen molar-refractivity contribution in [2.75, 3.05) is 25.2 Å². The maximum Gasteiger partial charge on any atom is 0.293 e. The van der Waals surface area contributed by atoms with Gasteiger partial charge in [-0.25, -0.2) is 4.98 Å². The Hall–Kier alpha value is -2.41. The van der Waals surface area contributed by atoms with Gasteiger partial charge in [0.2, 0.25) is 0 Å². The van der Waals surface area contributed by atoms with Gasteiger partial charge in [0, 0.05) is 25.7 Å². The summed E-state index contributed by atoms with van der Waals surface area (Å²) < 4.78 is 7.54. The smallest absolute Gasteiger partial charge is 0.293 e. The van der Waals surface area contributed by atoms with Crippen LogP contribution in [0.2, 0.25) is 0 Å². The van der Waals surface area contributed by atoms with Crippen LogP contribution in [0.4, 0.5) is 11.4 Å². The number of nitrogens with zero attached hydrogens (tertiary/aromatic N) is 4. The standard InChI is InChI=1S/C15H16N4O3/c1-9-16-12-10-5-4-6-11(19(20)21)13(10)18(3)15(7-22-8-15)14(12)17(9)2/h4-6H,7-8H2,1-3H3. The number of ether oxygens (including phenoxy) is 1. The molecule has 0 saturated carbocycles. The first-order valence-electron chi connectivity index (χ1n) is 7.10. The summed E-state index contributed by atoms with van der Waals surface area (Å²) in [5, 5.41) is 11.4. The second-order valence-corrected chi connectivity index (χ2v) is 5.93. The zero-order valence-electron chi connectivity index (χ0n) is 12.7. The van der Waals surface area contributed by atoms with Gasteiger partial charge in [0.1, 0.15) is 17.1 Å². The molecule has 2 aromatic rings. The molecule has 2 aliphatic rings. The van der Waals surface area contributed by atoms with E-state index in [0.717, 1.165) is 22.8 Å². The minimum atomic E-state index is -0.371. The van der Waals surface area contributed by atoms with E-state index in [-0.39, 0.29) is 16.1 Å². The lowest BCUT2D eigenvalue weighted by Gasteiger charge is -2.51. The molecule has 1 aromatic heterocycles. The van der Waals surface area contributed by atoms with Crippen molar-refractivity contribution >= 4 is 11.4 Å². The molecule has 0 atom stereocenters. The highest BCUT2D eigenvalue weighted by Gasteiger charge is 2.53. The van der Waals surface area contributed by atoms with Gasteiger partial charge in [-0.15, -0.1) is 0 Å². The molecule has 4 rings (SSSR count). The first-order valence-corrected chi connectivity index (χ1v) is 7.10. The van der Waals surface area contributed by atoms with Crippen molar-refractivity contribution in [3.63, 3.8) is 0 Å². The van der Waals surface area contributed by atoms with E-state index in [1.54, 1.807) is 12.1 Å². The van der Waals surface area contributed by atoms with E-state index in [4.69, 9.17) is 4.74 Å². The third-order valence-corrected chi connectivity index (χ3v) is 4.89. The summed E-state index contributed by atoms with van der Waals surface area (Å²) in [7, 11) is 3.89. The van der Waals surface area contributed by atoms with Crippen molar-refractivity contribution in [2.24, 2.45) is 7.05 Å². The van der Waals surface area contributed by atoms with Gasteiger partial charge < -0.3 is 14.2 Å². The van der Waals surface area contributed by atoms with Crippen LogP contribution in [0.25, 0.3) is 11.3 Å². The summed E-state index contributed by atoms with van der Waals surface area (Å²) in [6.07, 6.45) is 0. The predicted molar refractivity (Wildman–Crippen MR) is 80.9 cm³/mol. The minimum absolute atomic E-state index is 0.111. The van der Waals surface area contributed by atoms with Gasteiger partial charge in [-0.05, 0) is 6.92 Å². The van der Waals surface area contributed by atoms with Gasteiger partial charge in [0.15, 0.2) is 0 Å². The third-order valence-electron chi connectivity index (χ3n) is 4.89. The molecule has 0 amide bonds. The molecule has 0 bridgehead atoms. The summed E-state index contributed by atoms with van der Waals surface area (Å²) in [5.41, 5.74) is 3.09. The molecule has 7 nitrogen and oxygen atoms in total. The number of likely N-dealkylation sites (N-methyl/N-ethyl adjacent to an activating group) is 1.